The summed E-state index contributed by atoms with van der Waals surface area (Å²) in [5.74, 6) is -7.60. The van der Waals surface area contributed by atoms with E-state index in [0.29, 0.717) is 0 Å². The molecule has 0 saturated carbocycles. The SMILES string of the molecule is CN[C@@H](CC(=O)O)C(=O)N[C@@H](CCC(=O)O)C(=O)N[C@H](C(=O)N[C@@H](CC(=O)O)C(C)=O)C(C)C. The summed E-state index contributed by atoms with van der Waals surface area (Å²) in [5.41, 5.74) is 0. The van der Waals surface area contributed by atoms with E-state index in [2.05, 4.69) is 21.3 Å². The van der Waals surface area contributed by atoms with Crippen LogP contribution in [0.2, 0.25) is 0 Å². The molecule has 0 radical (unpaired) electrons. The zero-order valence-corrected chi connectivity index (χ0v) is 19.4. The fourth-order valence-corrected chi connectivity index (χ4v) is 2.83. The number of likely N-dealkylation sites (N-methyl/N-ethyl adjacent to an activating group) is 1. The Morgan fingerprint density at radius 2 is 1.15 bits per heavy atom. The number of carboxylic acid groups (broad SMARTS) is 3. The molecule has 0 saturated heterocycles. The monoisotopic (exact) mass is 488 g/mol. The molecule has 14 nitrogen and oxygen atoms in total. The van der Waals surface area contributed by atoms with Crippen molar-refractivity contribution in [2.45, 2.75) is 70.6 Å². The van der Waals surface area contributed by atoms with Crippen LogP contribution in [-0.2, 0) is 33.6 Å². The van der Waals surface area contributed by atoms with Gasteiger partial charge < -0.3 is 36.6 Å². The number of carboxylic acids is 3. The van der Waals surface area contributed by atoms with Gasteiger partial charge in [0.1, 0.15) is 12.1 Å². The van der Waals surface area contributed by atoms with E-state index < -0.39 is 90.8 Å². The van der Waals surface area contributed by atoms with Crippen molar-refractivity contribution >= 4 is 41.4 Å². The first-order chi connectivity index (χ1) is 15.7. The molecular weight excluding hydrogens is 456 g/mol. The Kier molecular flexibility index (Phi) is 13.0. The van der Waals surface area contributed by atoms with Crippen LogP contribution in [0.5, 0.6) is 0 Å². The lowest BCUT2D eigenvalue weighted by Gasteiger charge is -2.27. The highest BCUT2D eigenvalue weighted by atomic mass is 16.4. The Hall–Kier alpha value is -3.55. The molecule has 0 aromatic heterocycles. The second kappa shape index (κ2) is 14.6. The van der Waals surface area contributed by atoms with Crippen LogP contribution in [-0.4, -0.2) is 87.9 Å². The molecule has 0 spiro atoms. The summed E-state index contributed by atoms with van der Waals surface area (Å²) in [5, 5.41) is 36.2. The Morgan fingerprint density at radius 1 is 0.676 bits per heavy atom. The van der Waals surface area contributed by atoms with Crippen molar-refractivity contribution in [1.82, 2.24) is 21.3 Å². The number of hydrogen-bond donors (Lipinski definition) is 7. The molecular formula is C20H32N4O10. The van der Waals surface area contributed by atoms with E-state index >= 15 is 0 Å². The van der Waals surface area contributed by atoms with Crippen molar-refractivity contribution in [2.24, 2.45) is 5.92 Å². The fourth-order valence-electron chi connectivity index (χ4n) is 2.83. The second-order valence-electron chi connectivity index (χ2n) is 7.93. The zero-order valence-electron chi connectivity index (χ0n) is 19.4. The van der Waals surface area contributed by atoms with Crippen molar-refractivity contribution in [2.75, 3.05) is 7.05 Å². The summed E-state index contributed by atoms with van der Waals surface area (Å²) in [6.07, 6.45) is -2.11. The largest absolute Gasteiger partial charge is 0.481 e. The topological polar surface area (TPSA) is 228 Å². The van der Waals surface area contributed by atoms with Gasteiger partial charge in [0, 0.05) is 6.42 Å². The minimum absolute atomic E-state index is 0.349. The van der Waals surface area contributed by atoms with Crippen molar-refractivity contribution in [3.63, 3.8) is 0 Å². The van der Waals surface area contributed by atoms with Gasteiger partial charge in [-0.3, -0.25) is 33.6 Å². The maximum Gasteiger partial charge on any atom is 0.305 e. The van der Waals surface area contributed by atoms with E-state index in [4.69, 9.17) is 15.3 Å². The van der Waals surface area contributed by atoms with Gasteiger partial charge in [-0.25, -0.2) is 0 Å². The average Bonchev–Trinajstić information content (AvgIpc) is 2.71. The Balaban J connectivity index is 5.60. The van der Waals surface area contributed by atoms with Gasteiger partial charge in [0.25, 0.3) is 0 Å². The quantitative estimate of drug-likeness (QED) is 0.127. The van der Waals surface area contributed by atoms with Gasteiger partial charge in [-0.15, -0.1) is 0 Å². The van der Waals surface area contributed by atoms with Crippen molar-refractivity contribution in [3.8, 4) is 0 Å². The summed E-state index contributed by atoms with van der Waals surface area (Å²) < 4.78 is 0. The number of amides is 3. The fraction of sp³-hybridized carbons (Fsp3) is 0.650. The Morgan fingerprint density at radius 3 is 1.56 bits per heavy atom. The Labute approximate surface area is 195 Å². The number of aliphatic carboxylic acids is 3. The molecule has 0 bridgehead atoms. The van der Waals surface area contributed by atoms with Gasteiger partial charge in [-0.05, 0) is 26.3 Å². The summed E-state index contributed by atoms with van der Waals surface area (Å²) in [7, 11) is 1.33. The first kappa shape index (κ1) is 30.4. The minimum Gasteiger partial charge on any atom is -0.481 e. The van der Waals surface area contributed by atoms with Gasteiger partial charge in [-0.2, -0.15) is 0 Å². The highest BCUT2D eigenvalue weighted by Gasteiger charge is 2.32. The number of ketones is 1. The molecule has 192 valence electrons. The predicted octanol–water partition coefficient (Wildman–Crippen LogP) is -1.91. The van der Waals surface area contributed by atoms with Gasteiger partial charge in [0.15, 0.2) is 5.78 Å². The van der Waals surface area contributed by atoms with Crippen LogP contribution in [0, 0.1) is 5.92 Å². The molecule has 0 aliphatic rings. The first-order valence-electron chi connectivity index (χ1n) is 10.4. The molecule has 34 heavy (non-hydrogen) atoms. The summed E-state index contributed by atoms with van der Waals surface area (Å²) in [6, 6.07) is -5.18. The number of nitrogens with one attached hydrogen (secondary N) is 4. The molecule has 0 aliphatic heterocycles. The highest BCUT2D eigenvalue weighted by Crippen LogP contribution is 2.07. The lowest BCUT2D eigenvalue weighted by atomic mass is 10.0. The van der Waals surface area contributed by atoms with Crippen molar-refractivity contribution in [1.29, 1.82) is 0 Å². The normalized spacial score (nSPS) is 14.3. The molecule has 0 unspecified atom stereocenters. The van der Waals surface area contributed by atoms with Crippen LogP contribution < -0.4 is 21.3 Å². The third kappa shape index (κ3) is 11.4. The minimum atomic E-state index is -1.41. The zero-order chi connectivity index (χ0) is 26.6. The van der Waals surface area contributed by atoms with E-state index in [-0.39, 0.29) is 6.42 Å². The summed E-state index contributed by atoms with van der Waals surface area (Å²) in [6.45, 7) is 4.24. The molecule has 7 N–H and O–H groups in total. The van der Waals surface area contributed by atoms with Crippen molar-refractivity contribution in [3.05, 3.63) is 0 Å². The molecule has 0 aromatic carbocycles. The molecule has 0 rings (SSSR count). The molecule has 4 atom stereocenters. The molecule has 14 heteroatoms. The number of carbonyl (C=O) groups is 7. The molecule has 0 fully saturated rings. The lowest BCUT2D eigenvalue weighted by molar-refractivity contribution is -0.141. The van der Waals surface area contributed by atoms with Crippen LogP contribution in [0.15, 0.2) is 0 Å². The van der Waals surface area contributed by atoms with E-state index in [1.807, 2.05) is 0 Å². The third-order valence-electron chi connectivity index (χ3n) is 4.76. The number of carbonyl (C=O) groups excluding carboxylic acids is 4. The van der Waals surface area contributed by atoms with Crippen LogP contribution in [0.25, 0.3) is 0 Å². The number of hydrogen-bond acceptors (Lipinski definition) is 8. The molecule has 0 aromatic rings. The third-order valence-corrected chi connectivity index (χ3v) is 4.76. The standard InChI is InChI=1S/C20H32N4O10/c1-9(2)17(20(34)23-12(10(3)25)7-15(28)29)24-18(32)11(5-6-14(26)27)22-19(33)13(21-4)8-16(30)31/h9,11-13,17,21H,5-8H2,1-4H3,(H,22,33)(H,23,34)(H,24,32)(H,26,27)(H,28,29)(H,30,31)/t11-,12-,13-,17-/m0/s1. The van der Waals surface area contributed by atoms with Gasteiger partial charge in [-0.1, -0.05) is 13.8 Å². The smallest absolute Gasteiger partial charge is 0.305 e. The number of rotatable bonds is 16. The number of Topliss-reactive ketones (excluding diaryl/α,β-unsaturated/α-hetero) is 1. The average molecular weight is 488 g/mol. The van der Waals surface area contributed by atoms with E-state index in [1.165, 1.54) is 7.05 Å². The predicted molar refractivity (Wildman–Crippen MR) is 116 cm³/mol. The van der Waals surface area contributed by atoms with Crippen LogP contribution in [0.3, 0.4) is 0 Å². The van der Waals surface area contributed by atoms with Crippen LogP contribution >= 0.6 is 0 Å². The summed E-state index contributed by atoms with van der Waals surface area (Å²) >= 11 is 0. The Bertz CT molecular complexity index is 798. The van der Waals surface area contributed by atoms with Gasteiger partial charge in [0.05, 0.1) is 24.9 Å². The molecule has 0 aliphatic carbocycles. The lowest BCUT2D eigenvalue weighted by Crippen LogP contribution is -2.58. The van der Waals surface area contributed by atoms with E-state index in [1.54, 1.807) is 13.8 Å². The molecule has 0 heterocycles. The highest BCUT2D eigenvalue weighted by molar-refractivity contribution is 5.96. The first-order valence-corrected chi connectivity index (χ1v) is 10.4. The van der Waals surface area contributed by atoms with E-state index in [9.17, 15) is 33.6 Å². The van der Waals surface area contributed by atoms with Crippen molar-refractivity contribution < 1.29 is 48.9 Å². The second-order valence-corrected chi connectivity index (χ2v) is 7.93. The maximum atomic E-state index is 12.8. The van der Waals surface area contributed by atoms with Gasteiger partial charge in [0.2, 0.25) is 17.7 Å². The van der Waals surface area contributed by atoms with Crippen LogP contribution in [0.1, 0.15) is 46.5 Å². The van der Waals surface area contributed by atoms with Gasteiger partial charge >= 0.3 is 17.9 Å². The maximum absolute atomic E-state index is 12.8. The van der Waals surface area contributed by atoms with Crippen LogP contribution in [0.4, 0.5) is 0 Å². The summed E-state index contributed by atoms with van der Waals surface area (Å²) in [4.78, 5) is 82.4. The molecule has 3 amide bonds. The van der Waals surface area contributed by atoms with E-state index in [0.717, 1.165) is 6.92 Å².